The van der Waals surface area contributed by atoms with E-state index in [0.29, 0.717) is 37.3 Å². The fourth-order valence-corrected chi connectivity index (χ4v) is 0.970. The third-order valence-electron chi connectivity index (χ3n) is 1.78. The van der Waals surface area contributed by atoms with E-state index in [0.717, 1.165) is 0 Å². The summed E-state index contributed by atoms with van der Waals surface area (Å²) in [4.78, 5) is 31.4. The Bertz CT molecular complexity index is 323. The molecule has 0 saturated heterocycles. The number of carbonyl (C=O) groups excluding carboxylic acids is 2. The van der Waals surface area contributed by atoms with Crippen molar-refractivity contribution in [3.63, 3.8) is 0 Å². The van der Waals surface area contributed by atoms with Crippen molar-refractivity contribution >= 4 is 12.2 Å². The molecular weight excluding hydrogens is 264 g/mol. The molecule has 0 aliphatic heterocycles. The molecule has 0 heterocycles. The Morgan fingerprint density at radius 1 is 0.850 bits per heavy atom. The summed E-state index contributed by atoms with van der Waals surface area (Å²) in [6, 6.07) is 0. The molecule has 0 aromatic carbocycles. The summed E-state index contributed by atoms with van der Waals surface area (Å²) in [5.74, 6) is 0. The minimum absolute atomic E-state index is 0.442. The van der Waals surface area contributed by atoms with E-state index in [1.54, 1.807) is 13.8 Å². The zero-order valence-electron chi connectivity index (χ0n) is 11.9. The van der Waals surface area contributed by atoms with Gasteiger partial charge in [-0.1, -0.05) is 13.2 Å². The summed E-state index contributed by atoms with van der Waals surface area (Å²) < 4.78 is 0. The van der Waals surface area contributed by atoms with Crippen LogP contribution in [0, 0.1) is 0 Å². The maximum atomic E-state index is 11.1. The monoisotopic (exact) mass is 286 g/mol. The quantitative estimate of drug-likeness (QED) is 0.376. The normalized spacial score (nSPS) is 9.10. The first-order valence-corrected chi connectivity index (χ1v) is 6.14. The molecule has 20 heavy (non-hydrogen) atoms. The zero-order chi connectivity index (χ0) is 15.4. The molecular formula is C12H22N4O4. The number of nitrogens with one attached hydrogen (secondary N) is 4. The number of amides is 2. The summed E-state index contributed by atoms with van der Waals surface area (Å²) >= 11 is 0. The van der Waals surface area contributed by atoms with Crippen molar-refractivity contribution in [2.75, 3.05) is 13.1 Å². The van der Waals surface area contributed by atoms with Crippen molar-refractivity contribution in [1.82, 2.24) is 21.6 Å². The number of allylic oxidation sites excluding steroid dienone is 2. The lowest BCUT2D eigenvalue weighted by molar-refractivity contribution is 0.104. The van der Waals surface area contributed by atoms with Crippen LogP contribution in [0.3, 0.4) is 0 Å². The second-order valence-electron chi connectivity index (χ2n) is 4.10. The first-order chi connectivity index (χ1) is 9.41. The van der Waals surface area contributed by atoms with Crippen LogP contribution in [0.5, 0.6) is 0 Å². The molecule has 0 atom stereocenters. The summed E-state index contributed by atoms with van der Waals surface area (Å²) in [6.07, 6.45) is 0.226. The van der Waals surface area contributed by atoms with E-state index in [-0.39, 0.29) is 0 Å². The van der Waals surface area contributed by atoms with Crippen molar-refractivity contribution in [2.45, 2.75) is 26.7 Å². The summed E-state index contributed by atoms with van der Waals surface area (Å²) in [6.45, 7) is 11.2. The average Bonchev–Trinajstić information content (AvgIpc) is 2.37. The Hall–Kier alpha value is -2.38. The highest BCUT2D eigenvalue weighted by Gasteiger charge is 2.02. The third kappa shape index (κ3) is 12.1. The molecule has 0 spiro atoms. The fourth-order valence-electron chi connectivity index (χ4n) is 0.970. The fraction of sp³-hybridized carbons (Fsp3) is 0.500. The van der Waals surface area contributed by atoms with Crippen LogP contribution in [0.1, 0.15) is 26.7 Å². The zero-order valence-corrected chi connectivity index (χ0v) is 11.9. The van der Waals surface area contributed by atoms with Crippen LogP contribution in [-0.2, 0) is 9.68 Å². The van der Waals surface area contributed by atoms with Gasteiger partial charge < -0.3 is 20.3 Å². The van der Waals surface area contributed by atoms with E-state index in [1.807, 2.05) is 0 Å². The van der Waals surface area contributed by atoms with Gasteiger partial charge in [0.2, 0.25) is 0 Å². The third-order valence-corrected chi connectivity index (χ3v) is 1.78. The van der Waals surface area contributed by atoms with Gasteiger partial charge in [-0.25, -0.2) is 20.5 Å². The molecule has 0 rings (SSSR count). The van der Waals surface area contributed by atoms with E-state index in [9.17, 15) is 9.59 Å². The van der Waals surface area contributed by atoms with Gasteiger partial charge in [-0.3, -0.25) is 0 Å². The van der Waals surface area contributed by atoms with Crippen molar-refractivity contribution in [1.29, 1.82) is 0 Å². The van der Waals surface area contributed by atoms with Crippen LogP contribution >= 0.6 is 0 Å². The molecule has 4 N–H and O–H groups in total. The van der Waals surface area contributed by atoms with Crippen LogP contribution in [0.15, 0.2) is 24.6 Å². The van der Waals surface area contributed by atoms with Crippen LogP contribution < -0.4 is 21.6 Å². The van der Waals surface area contributed by atoms with E-state index >= 15 is 0 Å². The lowest BCUT2D eigenvalue weighted by Gasteiger charge is -2.08. The van der Waals surface area contributed by atoms with Gasteiger partial charge in [0.1, 0.15) is 0 Å². The van der Waals surface area contributed by atoms with Crippen LogP contribution in [0.4, 0.5) is 9.59 Å². The van der Waals surface area contributed by atoms with Crippen molar-refractivity contribution in [3.05, 3.63) is 24.6 Å². The second-order valence-corrected chi connectivity index (χ2v) is 4.10. The Balaban J connectivity index is 3.39. The lowest BCUT2D eigenvalue weighted by Crippen LogP contribution is -2.32. The number of carbonyl (C=O) groups is 2. The van der Waals surface area contributed by atoms with Crippen LogP contribution in [0.2, 0.25) is 0 Å². The SMILES string of the molecule is C=C(C)NOC(=O)NCCCCNC(=O)ONC(=C)C. The smallest absolute Gasteiger partial charge is 0.325 e. The number of rotatable bonds is 9. The van der Waals surface area contributed by atoms with E-state index in [1.165, 1.54) is 0 Å². The van der Waals surface area contributed by atoms with E-state index < -0.39 is 12.2 Å². The molecule has 0 saturated carbocycles. The van der Waals surface area contributed by atoms with E-state index in [2.05, 4.69) is 44.4 Å². The Morgan fingerprint density at radius 3 is 1.50 bits per heavy atom. The van der Waals surface area contributed by atoms with Crippen LogP contribution in [-0.4, -0.2) is 25.3 Å². The van der Waals surface area contributed by atoms with Gasteiger partial charge in [0.15, 0.2) is 0 Å². The molecule has 0 unspecified atom stereocenters. The molecule has 8 heteroatoms. The van der Waals surface area contributed by atoms with Gasteiger partial charge in [0, 0.05) is 24.5 Å². The molecule has 114 valence electrons. The molecule has 8 nitrogen and oxygen atoms in total. The largest absolute Gasteiger partial charge is 0.431 e. The van der Waals surface area contributed by atoms with Gasteiger partial charge in [0.25, 0.3) is 0 Å². The summed E-state index contributed by atoms with van der Waals surface area (Å²) in [7, 11) is 0. The van der Waals surface area contributed by atoms with Gasteiger partial charge in [-0.15, -0.1) is 0 Å². The predicted molar refractivity (Wildman–Crippen MR) is 74.1 cm³/mol. The van der Waals surface area contributed by atoms with Crippen molar-refractivity contribution in [3.8, 4) is 0 Å². The maximum absolute atomic E-state index is 11.1. The lowest BCUT2D eigenvalue weighted by atomic mass is 10.3. The second kappa shape index (κ2) is 10.5. The van der Waals surface area contributed by atoms with Gasteiger partial charge >= 0.3 is 12.2 Å². The highest BCUT2D eigenvalue weighted by atomic mass is 16.7. The van der Waals surface area contributed by atoms with Crippen molar-refractivity contribution in [2.24, 2.45) is 0 Å². The number of hydrogen-bond acceptors (Lipinski definition) is 6. The number of hydroxylamine groups is 2. The van der Waals surface area contributed by atoms with Crippen molar-refractivity contribution < 1.29 is 19.3 Å². The first-order valence-electron chi connectivity index (χ1n) is 6.14. The van der Waals surface area contributed by atoms with Crippen LogP contribution in [0.25, 0.3) is 0 Å². The topological polar surface area (TPSA) is 101 Å². The standard InChI is InChI=1S/C12H22N4O4/c1-9(2)15-19-11(17)13-7-5-6-8-14-12(18)20-16-10(3)4/h15-16H,1,3,5-8H2,2,4H3,(H,13,17)(H,14,18). The molecule has 0 aliphatic carbocycles. The molecule has 0 radical (unpaired) electrons. The highest BCUT2D eigenvalue weighted by molar-refractivity contribution is 5.67. The Labute approximate surface area is 118 Å². The minimum atomic E-state index is -0.578. The minimum Gasteiger partial charge on any atom is -0.325 e. The molecule has 0 bridgehead atoms. The average molecular weight is 286 g/mol. The molecule has 0 aromatic heterocycles. The number of unbranched alkanes of at least 4 members (excludes halogenated alkanes) is 1. The molecule has 0 aliphatic rings. The number of hydrogen-bond donors (Lipinski definition) is 4. The first kappa shape index (κ1) is 17.6. The summed E-state index contributed by atoms with van der Waals surface area (Å²) in [5.41, 5.74) is 5.75. The molecule has 0 fully saturated rings. The van der Waals surface area contributed by atoms with Gasteiger partial charge in [-0.2, -0.15) is 0 Å². The molecule has 0 aromatic rings. The Morgan fingerprint density at radius 2 is 1.20 bits per heavy atom. The predicted octanol–water partition coefficient (Wildman–Crippen LogP) is 1.30. The van der Waals surface area contributed by atoms with Gasteiger partial charge in [-0.05, 0) is 26.7 Å². The van der Waals surface area contributed by atoms with E-state index in [4.69, 9.17) is 0 Å². The Kier molecular flexibility index (Phi) is 9.28. The summed E-state index contributed by atoms with van der Waals surface area (Å²) in [5, 5.41) is 5.07. The maximum Gasteiger partial charge on any atom is 0.431 e. The van der Waals surface area contributed by atoms with Gasteiger partial charge in [0.05, 0.1) is 0 Å². The molecule has 2 amide bonds. The highest BCUT2D eigenvalue weighted by Crippen LogP contribution is 1.87.